The molecule has 1 unspecified atom stereocenters. The van der Waals surface area contributed by atoms with Crippen molar-refractivity contribution in [3.8, 4) is 0 Å². The summed E-state index contributed by atoms with van der Waals surface area (Å²) in [5, 5.41) is 15.6. The van der Waals surface area contributed by atoms with E-state index in [0.29, 0.717) is 12.2 Å². The van der Waals surface area contributed by atoms with Crippen molar-refractivity contribution in [3.05, 3.63) is 83.4 Å². The molecule has 5 heteroatoms. The molecule has 2 rings (SSSR count). The number of nitrogens with two attached hydrogens (primary N) is 1. The molecule has 132 valence electrons. The van der Waals surface area contributed by atoms with E-state index in [1.165, 1.54) is 16.7 Å². The quantitative estimate of drug-likeness (QED) is 0.725. The van der Waals surface area contributed by atoms with Crippen molar-refractivity contribution in [2.24, 2.45) is 5.73 Å². The maximum absolute atomic E-state index is 9.55. The molecule has 0 aliphatic carbocycles. The van der Waals surface area contributed by atoms with E-state index in [9.17, 15) is 9.59 Å². The highest BCUT2D eigenvalue weighted by molar-refractivity contribution is 5.89. The molecule has 5 nitrogen and oxygen atoms in total. The molecule has 0 fully saturated rings. The second-order valence-corrected chi connectivity index (χ2v) is 5.96. The summed E-state index contributed by atoms with van der Waals surface area (Å²) >= 11 is 0. The molecular weight excluding hydrogens is 318 g/mol. The fourth-order valence-corrected chi connectivity index (χ4v) is 2.20. The maximum atomic E-state index is 9.55. The fraction of sp³-hybridized carbons (Fsp3) is 0.200. The van der Waals surface area contributed by atoms with Crippen LogP contribution in [0.1, 0.15) is 23.6 Å². The molecule has 0 heterocycles. The molecule has 0 bridgehead atoms. The highest BCUT2D eigenvalue weighted by Gasteiger charge is 2.21. The zero-order valence-corrected chi connectivity index (χ0v) is 14.3. The molecule has 0 aliphatic rings. The van der Waals surface area contributed by atoms with Crippen LogP contribution >= 0.6 is 0 Å². The highest BCUT2D eigenvalue weighted by Crippen LogP contribution is 2.22. The Morgan fingerprint density at radius 2 is 1.44 bits per heavy atom. The van der Waals surface area contributed by atoms with Crippen molar-refractivity contribution in [2.45, 2.75) is 25.8 Å². The van der Waals surface area contributed by atoms with Crippen molar-refractivity contribution in [1.29, 1.82) is 0 Å². The molecular formula is C20H23NO4. The summed E-state index contributed by atoms with van der Waals surface area (Å²) in [6.45, 7) is 4.18. The SMILES string of the molecule is Cc1ccc(C(C)(N)Cc2ccccc2)cc1.O=C(O)C=CC(=O)O. The third-order valence-electron chi connectivity index (χ3n) is 3.49. The second-order valence-electron chi connectivity index (χ2n) is 5.96. The number of aliphatic carboxylic acids is 2. The van der Waals surface area contributed by atoms with Gasteiger partial charge in [0.2, 0.25) is 0 Å². The summed E-state index contributed by atoms with van der Waals surface area (Å²) in [6.07, 6.45) is 1.97. The summed E-state index contributed by atoms with van der Waals surface area (Å²) in [5.41, 5.74) is 9.84. The maximum Gasteiger partial charge on any atom is 0.328 e. The molecule has 0 aromatic heterocycles. The smallest absolute Gasteiger partial charge is 0.328 e. The number of rotatable bonds is 5. The second kappa shape index (κ2) is 9.39. The lowest BCUT2D eigenvalue weighted by Crippen LogP contribution is -2.35. The van der Waals surface area contributed by atoms with Crippen LogP contribution < -0.4 is 5.73 Å². The van der Waals surface area contributed by atoms with Crippen LogP contribution in [0.3, 0.4) is 0 Å². The first-order valence-electron chi connectivity index (χ1n) is 7.74. The third kappa shape index (κ3) is 7.94. The van der Waals surface area contributed by atoms with E-state index in [-0.39, 0.29) is 5.54 Å². The van der Waals surface area contributed by atoms with E-state index in [2.05, 4.69) is 62.4 Å². The Balaban J connectivity index is 0.000000333. The lowest BCUT2D eigenvalue weighted by Gasteiger charge is -2.25. The standard InChI is InChI=1S/C16H19N.C4H4O4/c1-13-8-10-15(11-9-13)16(2,17)12-14-6-4-3-5-7-14;5-3(6)1-2-4(7)8/h3-11H,12,17H2,1-2H3;1-2H,(H,5,6)(H,7,8). The first-order valence-corrected chi connectivity index (χ1v) is 7.74. The zero-order valence-electron chi connectivity index (χ0n) is 14.3. The molecule has 0 saturated carbocycles. The lowest BCUT2D eigenvalue weighted by molar-refractivity contribution is -0.134. The predicted molar refractivity (Wildman–Crippen MR) is 97.3 cm³/mol. The summed E-state index contributed by atoms with van der Waals surface area (Å²) < 4.78 is 0. The molecule has 2 aromatic rings. The van der Waals surface area contributed by atoms with Gasteiger partial charge in [-0.15, -0.1) is 0 Å². The average Bonchev–Trinajstić information content (AvgIpc) is 2.54. The summed E-state index contributed by atoms with van der Waals surface area (Å²) in [6, 6.07) is 18.9. The summed E-state index contributed by atoms with van der Waals surface area (Å²) in [7, 11) is 0. The van der Waals surface area contributed by atoms with Crippen LogP contribution in [0.4, 0.5) is 0 Å². The lowest BCUT2D eigenvalue weighted by atomic mass is 9.86. The fourth-order valence-electron chi connectivity index (χ4n) is 2.20. The van der Waals surface area contributed by atoms with E-state index in [0.717, 1.165) is 6.42 Å². The van der Waals surface area contributed by atoms with Crippen LogP contribution in [-0.2, 0) is 21.5 Å². The Bertz CT molecular complexity index is 703. The molecule has 0 radical (unpaired) electrons. The van der Waals surface area contributed by atoms with E-state index in [1.54, 1.807) is 0 Å². The van der Waals surface area contributed by atoms with Gasteiger partial charge in [0.05, 0.1) is 0 Å². The third-order valence-corrected chi connectivity index (χ3v) is 3.49. The Labute approximate surface area is 147 Å². The van der Waals surface area contributed by atoms with Crippen molar-refractivity contribution in [2.75, 3.05) is 0 Å². The van der Waals surface area contributed by atoms with Crippen molar-refractivity contribution in [3.63, 3.8) is 0 Å². The van der Waals surface area contributed by atoms with Gasteiger partial charge in [-0.1, -0.05) is 60.2 Å². The number of aryl methyl sites for hydroxylation is 1. The minimum absolute atomic E-state index is 0.310. The van der Waals surface area contributed by atoms with Gasteiger partial charge in [-0.3, -0.25) is 0 Å². The van der Waals surface area contributed by atoms with Crippen molar-refractivity contribution < 1.29 is 19.8 Å². The zero-order chi connectivity index (χ0) is 18.9. The Hall–Kier alpha value is -2.92. The van der Waals surface area contributed by atoms with Gasteiger partial charge in [0.1, 0.15) is 0 Å². The minimum Gasteiger partial charge on any atom is -0.478 e. The molecule has 0 aliphatic heterocycles. The van der Waals surface area contributed by atoms with E-state index in [1.807, 2.05) is 6.07 Å². The highest BCUT2D eigenvalue weighted by atomic mass is 16.4. The van der Waals surface area contributed by atoms with Gasteiger partial charge in [-0.25, -0.2) is 9.59 Å². The van der Waals surface area contributed by atoms with E-state index in [4.69, 9.17) is 15.9 Å². The minimum atomic E-state index is -1.26. The van der Waals surface area contributed by atoms with Gasteiger partial charge >= 0.3 is 11.9 Å². The normalized spacial score (nSPS) is 12.8. The molecule has 1 atom stereocenters. The van der Waals surface area contributed by atoms with E-state index < -0.39 is 11.9 Å². The number of carboxylic acid groups (broad SMARTS) is 2. The predicted octanol–water partition coefficient (Wildman–Crippen LogP) is 3.12. The average molecular weight is 341 g/mol. The van der Waals surface area contributed by atoms with Gasteiger partial charge in [0, 0.05) is 17.7 Å². The Morgan fingerprint density at radius 3 is 1.88 bits per heavy atom. The van der Waals surface area contributed by atoms with Crippen LogP contribution in [0.5, 0.6) is 0 Å². The van der Waals surface area contributed by atoms with Crippen LogP contribution in [0, 0.1) is 6.92 Å². The van der Waals surface area contributed by atoms with Crippen LogP contribution in [0.25, 0.3) is 0 Å². The molecule has 0 spiro atoms. The number of hydrogen-bond acceptors (Lipinski definition) is 3. The number of carbonyl (C=O) groups is 2. The molecule has 0 amide bonds. The molecule has 25 heavy (non-hydrogen) atoms. The van der Waals surface area contributed by atoms with E-state index >= 15 is 0 Å². The van der Waals surface area contributed by atoms with Gasteiger partial charge in [0.15, 0.2) is 0 Å². The van der Waals surface area contributed by atoms with Crippen molar-refractivity contribution >= 4 is 11.9 Å². The van der Waals surface area contributed by atoms with Crippen LogP contribution in [0.15, 0.2) is 66.7 Å². The molecule has 0 saturated heterocycles. The Kier molecular flexibility index (Phi) is 7.56. The number of benzene rings is 2. The monoisotopic (exact) mass is 341 g/mol. The van der Waals surface area contributed by atoms with Crippen molar-refractivity contribution in [1.82, 2.24) is 0 Å². The molecule has 2 aromatic carbocycles. The largest absolute Gasteiger partial charge is 0.478 e. The first-order chi connectivity index (χ1) is 11.7. The molecule has 4 N–H and O–H groups in total. The number of carboxylic acids is 2. The number of hydrogen-bond donors (Lipinski definition) is 3. The summed E-state index contributed by atoms with van der Waals surface area (Å²) in [4.78, 5) is 19.1. The van der Waals surface area contributed by atoms with Gasteiger partial charge in [-0.2, -0.15) is 0 Å². The first kappa shape index (κ1) is 20.1. The van der Waals surface area contributed by atoms with Gasteiger partial charge < -0.3 is 15.9 Å². The van der Waals surface area contributed by atoms with Gasteiger partial charge in [0.25, 0.3) is 0 Å². The van der Waals surface area contributed by atoms with Crippen LogP contribution in [-0.4, -0.2) is 22.2 Å². The Morgan fingerprint density at radius 1 is 0.960 bits per heavy atom. The topological polar surface area (TPSA) is 101 Å². The van der Waals surface area contributed by atoms with Crippen LogP contribution in [0.2, 0.25) is 0 Å². The summed E-state index contributed by atoms with van der Waals surface area (Å²) in [5.74, 6) is -2.51. The van der Waals surface area contributed by atoms with Gasteiger partial charge in [-0.05, 0) is 31.4 Å².